The third-order valence-electron chi connectivity index (χ3n) is 8.28. The Kier molecular flexibility index (Phi) is 24.4. The van der Waals surface area contributed by atoms with Crippen molar-refractivity contribution in [3.63, 3.8) is 0 Å². The fourth-order valence-electron chi connectivity index (χ4n) is 5.33. The lowest BCUT2D eigenvalue weighted by Gasteiger charge is -2.15. The second-order valence-corrected chi connectivity index (χ2v) is 15.2. The van der Waals surface area contributed by atoms with Crippen LogP contribution in [-0.2, 0) is 27.4 Å². The first kappa shape index (κ1) is 45.3. The molecule has 0 atom stereocenters. The number of ether oxygens (including phenoxy) is 2. The van der Waals surface area contributed by atoms with Gasteiger partial charge in [0.2, 0.25) is 11.8 Å². The van der Waals surface area contributed by atoms with Crippen molar-refractivity contribution >= 4 is 39.4 Å². The fourth-order valence-corrected chi connectivity index (χ4v) is 7.14. The molecule has 53 heavy (non-hydrogen) atoms. The Hall–Kier alpha value is -3.89. The number of hydrogen-bond donors (Lipinski definition) is 3. The lowest BCUT2D eigenvalue weighted by Crippen LogP contribution is -2.25. The summed E-state index contributed by atoms with van der Waals surface area (Å²) >= 11 is 0. The van der Waals surface area contributed by atoms with Gasteiger partial charge in [-0.05, 0) is 77.2 Å². The van der Waals surface area contributed by atoms with E-state index in [1.807, 2.05) is 19.9 Å². The first-order chi connectivity index (χ1) is 25.8. The Morgan fingerprint density at radius 2 is 1.30 bits per heavy atom. The third kappa shape index (κ3) is 19.1. The number of cyclic esters (lactones) is 1. The number of phenolic OH excluding ortho intramolecular Hbond substituents is 1. The van der Waals surface area contributed by atoms with Crippen molar-refractivity contribution in [3.05, 3.63) is 107 Å². The summed E-state index contributed by atoms with van der Waals surface area (Å²) in [6.07, 6.45) is 36.4. The van der Waals surface area contributed by atoms with Crippen LogP contribution in [-0.4, -0.2) is 54.6 Å². The SMILES string of the molecule is CCC=CCC=CCC=CCC=CCC=CCC=CCCC(=O)NCCSSCCNC(=O)CCC(C)=CCc1c(O)c2c(c(C)c1OC)COC2=O. The lowest BCUT2D eigenvalue weighted by atomic mass is 9.94. The second kappa shape index (κ2) is 28.6. The first-order valence-corrected chi connectivity index (χ1v) is 21.2. The molecule has 1 aliphatic rings. The van der Waals surface area contributed by atoms with Crippen molar-refractivity contribution < 1.29 is 29.0 Å². The highest BCUT2D eigenvalue weighted by atomic mass is 33.1. The Labute approximate surface area is 325 Å². The number of benzene rings is 1. The number of methoxy groups -OCH3 is 1. The number of aromatic hydroxyl groups is 1. The maximum Gasteiger partial charge on any atom is 0.342 e. The first-order valence-electron chi connectivity index (χ1n) is 18.7. The molecule has 0 saturated carbocycles. The number of hydrogen-bond acceptors (Lipinski definition) is 8. The summed E-state index contributed by atoms with van der Waals surface area (Å²) < 4.78 is 10.7. The molecule has 0 unspecified atom stereocenters. The van der Waals surface area contributed by atoms with Crippen LogP contribution < -0.4 is 15.4 Å². The van der Waals surface area contributed by atoms with E-state index < -0.39 is 5.97 Å². The van der Waals surface area contributed by atoms with E-state index in [2.05, 4.69) is 90.5 Å². The summed E-state index contributed by atoms with van der Waals surface area (Å²) in [7, 11) is 4.90. The number of esters is 1. The van der Waals surface area contributed by atoms with E-state index in [4.69, 9.17) is 9.47 Å². The van der Waals surface area contributed by atoms with Crippen LogP contribution in [0.25, 0.3) is 0 Å². The van der Waals surface area contributed by atoms with E-state index in [0.717, 1.165) is 67.6 Å². The number of carbonyl (C=O) groups is 3. The molecule has 0 radical (unpaired) electrons. The molecule has 3 N–H and O–H groups in total. The second-order valence-electron chi connectivity index (χ2n) is 12.5. The molecular formula is C43H60N2O6S2. The van der Waals surface area contributed by atoms with Gasteiger partial charge in [0.1, 0.15) is 23.7 Å². The van der Waals surface area contributed by atoms with Crippen molar-refractivity contribution in [2.45, 2.75) is 98.0 Å². The monoisotopic (exact) mass is 764 g/mol. The predicted molar refractivity (Wildman–Crippen MR) is 224 cm³/mol. The van der Waals surface area contributed by atoms with Crippen molar-refractivity contribution in [1.82, 2.24) is 10.6 Å². The molecule has 1 aromatic rings. The Balaban J connectivity index is 1.45. The van der Waals surface area contributed by atoms with Crippen molar-refractivity contribution in [1.29, 1.82) is 0 Å². The average molecular weight is 765 g/mol. The number of rotatable bonds is 27. The lowest BCUT2D eigenvalue weighted by molar-refractivity contribution is -0.121. The van der Waals surface area contributed by atoms with Gasteiger partial charge in [0.05, 0.1) is 7.11 Å². The summed E-state index contributed by atoms with van der Waals surface area (Å²) in [5.74, 6) is 1.57. The van der Waals surface area contributed by atoms with Gasteiger partial charge in [-0.3, -0.25) is 9.59 Å². The van der Waals surface area contributed by atoms with E-state index in [1.54, 1.807) is 28.7 Å². The van der Waals surface area contributed by atoms with E-state index in [9.17, 15) is 19.5 Å². The summed E-state index contributed by atoms with van der Waals surface area (Å²) in [6.45, 7) is 7.28. The highest BCUT2D eigenvalue weighted by Crippen LogP contribution is 2.42. The van der Waals surface area contributed by atoms with Crippen LogP contribution >= 0.6 is 21.6 Å². The molecule has 0 saturated heterocycles. The molecule has 2 rings (SSSR count). The molecule has 0 fully saturated rings. The molecule has 290 valence electrons. The zero-order valence-electron chi connectivity index (χ0n) is 32.1. The largest absolute Gasteiger partial charge is 0.507 e. The molecule has 1 aliphatic heterocycles. The molecule has 0 aliphatic carbocycles. The van der Waals surface area contributed by atoms with Crippen molar-refractivity contribution in [3.8, 4) is 11.5 Å². The Bertz CT molecular complexity index is 1510. The number of carbonyl (C=O) groups excluding carboxylic acids is 3. The predicted octanol–water partition coefficient (Wildman–Crippen LogP) is 9.74. The summed E-state index contributed by atoms with van der Waals surface area (Å²) in [5, 5.41) is 16.7. The van der Waals surface area contributed by atoms with Crippen molar-refractivity contribution in [2.75, 3.05) is 31.7 Å². The maximum atomic E-state index is 12.3. The average Bonchev–Trinajstić information content (AvgIpc) is 3.55. The van der Waals surface area contributed by atoms with Gasteiger partial charge in [0, 0.05) is 48.6 Å². The number of amides is 2. The van der Waals surface area contributed by atoms with Crippen LogP contribution in [0.1, 0.15) is 105 Å². The van der Waals surface area contributed by atoms with Crippen LogP contribution in [0, 0.1) is 6.92 Å². The van der Waals surface area contributed by atoms with Gasteiger partial charge in [-0.15, -0.1) is 0 Å². The van der Waals surface area contributed by atoms with Gasteiger partial charge in [-0.1, -0.05) is 113 Å². The zero-order chi connectivity index (χ0) is 38.5. The van der Waals surface area contributed by atoms with Crippen molar-refractivity contribution in [2.24, 2.45) is 0 Å². The zero-order valence-corrected chi connectivity index (χ0v) is 33.8. The summed E-state index contributed by atoms with van der Waals surface area (Å²) in [6, 6.07) is 0. The summed E-state index contributed by atoms with van der Waals surface area (Å²) in [4.78, 5) is 36.6. The smallest absolute Gasteiger partial charge is 0.342 e. The third-order valence-corrected chi connectivity index (χ3v) is 10.7. The van der Waals surface area contributed by atoms with Crippen LogP contribution in [0.5, 0.6) is 11.5 Å². The van der Waals surface area contributed by atoms with E-state index in [1.165, 1.54) is 0 Å². The normalized spacial score (nSPS) is 13.4. The molecule has 0 bridgehead atoms. The van der Waals surface area contributed by atoms with Gasteiger partial charge < -0.3 is 25.2 Å². The minimum Gasteiger partial charge on any atom is -0.507 e. The highest BCUT2D eigenvalue weighted by Gasteiger charge is 2.31. The quantitative estimate of drug-likeness (QED) is 0.0351. The number of nitrogens with one attached hydrogen (secondary N) is 2. The molecular weight excluding hydrogens is 705 g/mol. The minimum atomic E-state index is -0.520. The van der Waals surface area contributed by atoms with Gasteiger partial charge in [0.15, 0.2) is 0 Å². The van der Waals surface area contributed by atoms with Gasteiger partial charge in [0.25, 0.3) is 0 Å². The number of phenols is 1. The topological polar surface area (TPSA) is 114 Å². The molecule has 1 heterocycles. The standard InChI is InChI=1S/C43H60N2O6S2/c1-5-6-7-8-9-10-11-12-13-14-15-16-17-18-19-20-21-22-23-24-38(46)44-29-31-52-53-32-30-45-39(47)28-26-34(2)25-27-36-41(48)40-37(33-51-43(40)49)35(3)42(36)50-4/h6-7,9-10,12-13,15-16,18-19,21-22,25,48H,5,8,11,14,17,20,23-24,26-33H2,1-4H3,(H,44,46)(H,45,47). The van der Waals surface area contributed by atoms with Crippen LogP contribution in [0.3, 0.4) is 0 Å². The number of fused-ring (bicyclic) bond motifs is 1. The Morgan fingerprint density at radius 3 is 1.83 bits per heavy atom. The molecule has 2 amide bonds. The highest BCUT2D eigenvalue weighted by molar-refractivity contribution is 8.76. The Morgan fingerprint density at radius 1 is 0.792 bits per heavy atom. The molecule has 0 aromatic heterocycles. The van der Waals surface area contributed by atoms with Crippen LogP contribution in [0.4, 0.5) is 0 Å². The van der Waals surface area contributed by atoms with Gasteiger partial charge >= 0.3 is 5.97 Å². The maximum absolute atomic E-state index is 12.3. The molecule has 1 aromatic carbocycles. The minimum absolute atomic E-state index is 0.0148. The molecule has 10 heteroatoms. The van der Waals surface area contributed by atoms with E-state index in [-0.39, 0.29) is 29.7 Å². The van der Waals surface area contributed by atoms with Crippen LogP contribution in [0.15, 0.2) is 84.6 Å². The van der Waals surface area contributed by atoms with Crippen LogP contribution in [0.2, 0.25) is 0 Å². The van der Waals surface area contributed by atoms with E-state index >= 15 is 0 Å². The van der Waals surface area contributed by atoms with E-state index in [0.29, 0.717) is 55.6 Å². The van der Waals surface area contributed by atoms with Gasteiger partial charge in [-0.25, -0.2) is 4.79 Å². The fraction of sp³-hybridized carbons (Fsp3) is 0.465. The summed E-state index contributed by atoms with van der Waals surface area (Å²) in [5.41, 5.74) is 3.22. The molecule has 8 nitrogen and oxygen atoms in total. The van der Waals surface area contributed by atoms with Gasteiger partial charge in [-0.2, -0.15) is 0 Å². The molecule has 0 spiro atoms. The number of allylic oxidation sites excluding steroid dienone is 14.